The molecule has 18 heavy (non-hydrogen) atoms. The molecule has 2 aromatic rings. The van der Waals surface area contributed by atoms with Crippen LogP contribution in [0.3, 0.4) is 0 Å². The van der Waals surface area contributed by atoms with Gasteiger partial charge in [-0.15, -0.1) is 11.3 Å². The summed E-state index contributed by atoms with van der Waals surface area (Å²) in [5.74, 6) is -0.267. The number of rotatable bonds is 2. The number of nitrogens with two attached hydrogens (primary N) is 1. The van der Waals surface area contributed by atoms with Gasteiger partial charge in [0.25, 0.3) is 5.91 Å². The first-order valence-corrected chi connectivity index (χ1v) is 6.01. The van der Waals surface area contributed by atoms with Crippen molar-refractivity contribution in [3.05, 3.63) is 39.8 Å². The van der Waals surface area contributed by atoms with Crippen LogP contribution in [0.2, 0.25) is 0 Å². The van der Waals surface area contributed by atoms with Crippen molar-refractivity contribution in [3.8, 4) is 6.07 Å². The van der Waals surface area contributed by atoms with Gasteiger partial charge in [-0.1, -0.05) is 0 Å². The molecule has 0 unspecified atom stereocenters. The van der Waals surface area contributed by atoms with E-state index in [1.165, 1.54) is 17.4 Å². The number of hydrogen-bond donors (Lipinski definition) is 2. The highest BCUT2D eigenvalue weighted by atomic mass is 32.1. The first kappa shape index (κ1) is 12.1. The lowest BCUT2D eigenvalue weighted by molar-refractivity contribution is 0.103. The number of nitrogen functional groups attached to an aromatic ring is 1. The number of thiazole rings is 1. The summed E-state index contributed by atoms with van der Waals surface area (Å²) in [5, 5.41) is 11.7. The maximum atomic E-state index is 12.0. The summed E-state index contributed by atoms with van der Waals surface area (Å²) in [6.07, 6.45) is 0. The lowest BCUT2D eigenvalue weighted by Crippen LogP contribution is -2.12. The Morgan fingerprint density at radius 2 is 2.33 bits per heavy atom. The highest BCUT2D eigenvalue weighted by Gasteiger charge is 2.13. The van der Waals surface area contributed by atoms with Crippen molar-refractivity contribution in [1.29, 1.82) is 5.26 Å². The van der Waals surface area contributed by atoms with Crippen LogP contribution in [0.4, 0.5) is 11.4 Å². The van der Waals surface area contributed by atoms with E-state index in [-0.39, 0.29) is 5.91 Å². The van der Waals surface area contributed by atoms with E-state index in [1.54, 1.807) is 24.6 Å². The van der Waals surface area contributed by atoms with Crippen LogP contribution in [0.15, 0.2) is 23.7 Å². The number of nitrogens with zero attached hydrogens (tertiary/aromatic N) is 2. The topological polar surface area (TPSA) is 91.8 Å². The smallest absolute Gasteiger partial charge is 0.267 e. The second-order valence-electron chi connectivity index (χ2n) is 3.64. The maximum Gasteiger partial charge on any atom is 0.267 e. The SMILES string of the molecule is Cc1ncsc1C(=O)Nc1ccc(N)cc1C#N. The molecular formula is C12H10N4OS. The quantitative estimate of drug-likeness (QED) is 0.807. The zero-order valence-electron chi connectivity index (χ0n) is 9.60. The zero-order valence-corrected chi connectivity index (χ0v) is 10.4. The normalized spacial score (nSPS) is 9.78. The summed E-state index contributed by atoms with van der Waals surface area (Å²) in [4.78, 5) is 16.5. The number of hydrogen-bond acceptors (Lipinski definition) is 5. The Balaban J connectivity index is 2.28. The van der Waals surface area contributed by atoms with Crippen molar-refractivity contribution >= 4 is 28.6 Å². The van der Waals surface area contributed by atoms with Crippen LogP contribution < -0.4 is 11.1 Å². The first-order valence-electron chi connectivity index (χ1n) is 5.13. The van der Waals surface area contributed by atoms with E-state index in [4.69, 9.17) is 11.0 Å². The summed E-state index contributed by atoms with van der Waals surface area (Å²) in [7, 11) is 0. The third kappa shape index (κ3) is 2.31. The van der Waals surface area contributed by atoms with Crippen molar-refractivity contribution in [2.45, 2.75) is 6.92 Å². The van der Waals surface area contributed by atoms with Gasteiger partial charge in [-0.3, -0.25) is 4.79 Å². The average molecular weight is 258 g/mol. The minimum absolute atomic E-state index is 0.267. The molecule has 5 nitrogen and oxygen atoms in total. The molecule has 0 aliphatic carbocycles. The number of carbonyl (C=O) groups is 1. The molecule has 1 amide bonds. The number of aryl methyl sites for hydroxylation is 1. The molecule has 1 aromatic carbocycles. The second-order valence-corrected chi connectivity index (χ2v) is 4.49. The fraction of sp³-hybridized carbons (Fsp3) is 0.0833. The van der Waals surface area contributed by atoms with Crippen LogP contribution in [0.5, 0.6) is 0 Å². The van der Waals surface area contributed by atoms with Crippen LogP contribution in [0.1, 0.15) is 20.9 Å². The van der Waals surface area contributed by atoms with Crippen molar-refractivity contribution in [1.82, 2.24) is 4.98 Å². The van der Waals surface area contributed by atoms with Crippen molar-refractivity contribution in [2.24, 2.45) is 0 Å². The molecule has 1 aromatic heterocycles. The van der Waals surface area contributed by atoms with Crippen LogP contribution in [-0.2, 0) is 0 Å². The molecule has 0 aliphatic heterocycles. The third-order valence-electron chi connectivity index (χ3n) is 2.36. The molecule has 0 bridgehead atoms. The Labute approximate surface area is 108 Å². The Kier molecular flexibility index (Phi) is 3.26. The third-order valence-corrected chi connectivity index (χ3v) is 3.29. The molecule has 0 atom stereocenters. The average Bonchev–Trinajstić information content (AvgIpc) is 2.77. The van der Waals surface area contributed by atoms with Gasteiger partial charge in [0.05, 0.1) is 22.5 Å². The molecule has 1 heterocycles. The molecule has 6 heteroatoms. The summed E-state index contributed by atoms with van der Waals surface area (Å²) in [6, 6.07) is 6.77. The van der Waals surface area contributed by atoms with Crippen LogP contribution >= 0.6 is 11.3 Å². The number of benzene rings is 1. The summed E-state index contributed by atoms with van der Waals surface area (Å²) < 4.78 is 0. The largest absolute Gasteiger partial charge is 0.399 e. The van der Waals surface area contributed by atoms with Crippen LogP contribution in [0.25, 0.3) is 0 Å². The summed E-state index contributed by atoms with van der Waals surface area (Å²) in [5.41, 5.74) is 9.13. The molecule has 0 spiro atoms. The molecule has 0 fully saturated rings. The molecule has 0 aliphatic rings. The Morgan fingerprint density at radius 3 is 2.94 bits per heavy atom. The Morgan fingerprint density at radius 1 is 1.56 bits per heavy atom. The van der Waals surface area contributed by atoms with Gasteiger partial charge in [0.1, 0.15) is 10.9 Å². The van der Waals surface area contributed by atoms with E-state index in [0.717, 1.165) is 0 Å². The highest BCUT2D eigenvalue weighted by Crippen LogP contribution is 2.20. The second kappa shape index (κ2) is 4.85. The van der Waals surface area contributed by atoms with E-state index >= 15 is 0 Å². The van der Waals surface area contributed by atoms with Gasteiger partial charge < -0.3 is 11.1 Å². The first-order chi connectivity index (χ1) is 8.61. The fourth-order valence-corrected chi connectivity index (χ4v) is 2.16. The van der Waals surface area contributed by atoms with Gasteiger partial charge in [0.2, 0.25) is 0 Å². The number of amides is 1. The van der Waals surface area contributed by atoms with Crippen molar-refractivity contribution < 1.29 is 4.79 Å². The standard InChI is InChI=1S/C12H10N4OS/c1-7-11(18-6-15-7)12(17)16-10-3-2-9(14)4-8(10)5-13/h2-4,6H,14H2,1H3,(H,16,17). The van der Waals surface area contributed by atoms with Gasteiger partial charge in [-0.2, -0.15) is 5.26 Å². The number of anilines is 2. The van der Waals surface area contributed by atoms with Crippen LogP contribution in [0, 0.1) is 18.3 Å². The van der Waals surface area contributed by atoms with Gasteiger partial charge in [-0.05, 0) is 25.1 Å². The van der Waals surface area contributed by atoms with E-state index in [2.05, 4.69) is 10.3 Å². The monoisotopic (exact) mass is 258 g/mol. The number of nitriles is 1. The maximum absolute atomic E-state index is 12.0. The van der Waals surface area contributed by atoms with E-state index in [0.29, 0.717) is 27.5 Å². The van der Waals surface area contributed by atoms with Crippen molar-refractivity contribution in [2.75, 3.05) is 11.1 Å². The minimum Gasteiger partial charge on any atom is -0.399 e. The predicted octanol–water partition coefficient (Wildman–Crippen LogP) is 2.16. The molecule has 0 radical (unpaired) electrons. The van der Waals surface area contributed by atoms with Gasteiger partial charge in [0.15, 0.2) is 0 Å². The zero-order chi connectivity index (χ0) is 13.1. The number of aromatic nitrogens is 1. The number of carbonyl (C=O) groups excluding carboxylic acids is 1. The lowest BCUT2D eigenvalue weighted by atomic mass is 10.1. The lowest BCUT2D eigenvalue weighted by Gasteiger charge is -2.06. The van der Waals surface area contributed by atoms with E-state index in [1.807, 2.05) is 6.07 Å². The van der Waals surface area contributed by atoms with Crippen LogP contribution in [-0.4, -0.2) is 10.9 Å². The molecule has 90 valence electrons. The summed E-state index contributed by atoms with van der Waals surface area (Å²) >= 11 is 1.26. The molecule has 2 rings (SSSR count). The Hall–Kier alpha value is -2.39. The van der Waals surface area contributed by atoms with Gasteiger partial charge in [-0.25, -0.2) is 4.98 Å². The Bertz CT molecular complexity index is 642. The van der Waals surface area contributed by atoms with Gasteiger partial charge in [0, 0.05) is 5.69 Å². The van der Waals surface area contributed by atoms with Crippen molar-refractivity contribution in [3.63, 3.8) is 0 Å². The van der Waals surface area contributed by atoms with E-state index < -0.39 is 0 Å². The number of nitrogens with one attached hydrogen (secondary N) is 1. The summed E-state index contributed by atoms with van der Waals surface area (Å²) in [6.45, 7) is 1.76. The molecule has 0 saturated heterocycles. The molecule has 0 saturated carbocycles. The van der Waals surface area contributed by atoms with E-state index in [9.17, 15) is 4.79 Å². The minimum atomic E-state index is -0.267. The fourth-order valence-electron chi connectivity index (χ4n) is 1.46. The highest BCUT2D eigenvalue weighted by molar-refractivity contribution is 7.12. The molecular weight excluding hydrogens is 248 g/mol. The van der Waals surface area contributed by atoms with Gasteiger partial charge >= 0.3 is 0 Å². The predicted molar refractivity (Wildman–Crippen MR) is 70.4 cm³/mol. The molecule has 3 N–H and O–H groups in total.